The second-order valence-electron chi connectivity index (χ2n) is 11.2. The van der Waals surface area contributed by atoms with E-state index in [0.29, 0.717) is 67.1 Å². The number of anilines is 2. The summed E-state index contributed by atoms with van der Waals surface area (Å²) in [5, 5.41) is 1.86. The first kappa shape index (κ1) is 28.3. The number of aryl methyl sites for hydroxylation is 1. The third kappa shape index (κ3) is 5.80. The zero-order valence-electron chi connectivity index (χ0n) is 23.2. The molecule has 1 amide bonds. The summed E-state index contributed by atoms with van der Waals surface area (Å²) in [4.78, 5) is 18.1. The number of ether oxygens (including phenoxy) is 1. The van der Waals surface area contributed by atoms with Crippen molar-refractivity contribution in [3.8, 4) is 0 Å². The van der Waals surface area contributed by atoms with E-state index in [0.717, 1.165) is 24.8 Å². The van der Waals surface area contributed by atoms with Crippen LogP contribution >= 0.6 is 11.3 Å². The lowest BCUT2D eigenvalue weighted by Crippen LogP contribution is -2.37. The first-order chi connectivity index (χ1) is 19.9. The first-order valence-electron chi connectivity index (χ1n) is 14.4. The lowest BCUT2D eigenvalue weighted by atomic mass is 10.1. The molecule has 2 aliphatic heterocycles. The van der Waals surface area contributed by atoms with Crippen LogP contribution in [-0.2, 0) is 21.2 Å². The number of nitrogens with zero attached hydrogens (tertiary/aromatic N) is 3. The van der Waals surface area contributed by atoms with Gasteiger partial charge in [-0.15, -0.1) is 11.3 Å². The fourth-order valence-corrected chi connectivity index (χ4v) is 8.40. The average molecular weight is 598 g/mol. The van der Waals surface area contributed by atoms with Gasteiger partial charge < -0.3 is 14.5 Å². The maximum atomic E-state index is 15.3. The normalized spacial score (nSPS) is 22.5. The molecule has 1 aromatic heterocycles. The van der Waals surface area contributed by atoms with Gasteiger partial charge in [0.05, 0.1) is 28.7 Å². The Morgan fingerprint density at radius 2 is 1.80 bits per heavy atom. The van der Waals surface area contributed by atoms with E-state index in [1.54, 1.807) is 33.5 Å². The number of unbranched alkanes of at least 4 members (excludes halogenated alkanes) is 1. The molecular weight excluding hydrogens is 561 g/mol. The molecule has 2 atom stereocenters. The molecule has 1 aliphatic carbocycles. The maximum Gasteiger partial charge on any atom is 0.268 e. The van der Waals surface area contributed by atoms with Crippen LogP contribution in [0, 0.1) is 23.6 Å². The molecule has 218 valence electrons. The number of hydrogen-bond donors (Lipinski definition) is 0. The molecule has 7 nitrogen and oxygen atoms in total. The van der Waals surface area contributed by atoms with Gasteiger partial charge in [0, 0.05) is 38.4 Å². The molecule has 3 fully saturated rings. The second kappa shape index (κ2) is 11.8. The summed E-state index contributed by atoms with van der Waals surface area (Å²) in [5.41, 5.74) is 2.19. The number of piperidine rings is 1. The van der Waals surface area contributed by atoms with Crippen LogP contribution in [0.3, 0.4) is 0 Å². The van der Waals surface area contributed by atoms with E-state index in [9.17, 15) is 13.2 Å². The van der Waals surface area contributed by atoms with Crippen LogP contribution in [-0.4, -0.2) is 64.6 Å². The molecular formula is C31H36FN3O4S2. The molecule has 2 aromatic carbocycles. The van der Waals surface area contributed by atoms with Crippen LogP contribution in [0.25, 0.3) is 0 Å². The van der Waals surface area contributed by atoms with E-state index in [1.165, 1.54) is 17.4 Å². The zero-order valence-corrected chi connectivity index (χ0v) is 24.9. The van der Waals surface area contributed by atoms with Gasteiger partial charge >= 0.3 is 0 Å². The van der Waals surface area contributed by atoms with Crippen LogP contribution in [0.4, 0.5) is 15.8 Å². The molecule has 0 radical (unpaired) electrons. The van der Waals surface area contributed by atoms with Crippen molar-refractivity contribution < 1.29 is 22.3 Å². The summed E-state index contributed by atoms with van der Waals surface area (Å²) < 4.78 is 49.0. The quantitative estimate of drug-likeness (QED) is 0.318. The smallest absolute Gasteiger partial charge is 0.268 e. The fourth-order valence-electron chi connectivity index (χ4n) is 6.21. The summed E-state index contributed by atoms with van der Waals surface area (Å²) in [6, 6.07) is 15.9. The number of hydrogen-bond acceptors (Lipinski definition) is 6. The topological polar surface area (TPSA) is 70.2 Å². The van der Waals surface area contributed by atoms with Crippen LogP contribution < -0.4 is 9.80 Å². The van der Waals surface area contributed by atoms with Gasteiger partial charge in [0.1, 0.15) is 5.82 Å². The number of sulfonamides is 1. The lowest BCUT2D eigenvalue weighted by molar-refractivity contribution is 0.0988. The van der Waals surface area contributed by atoms with E-state index >= 15 is 4.39 Å². The number of fused-ring (bicyclic) bond motifs is 1. The van der Waals surface area contributed by atoms with E-state index < -0.39 is 10.0 Å². The molecule has 1 saturated carbocycles. The van der Waals surface area contributed by atoms with Gasteiger partial charge in [-0.1, -0.05) is 31.5 Å². The fraction of sp³-hybridized carbons (Fsp3) is 0.452. The minimum absolute atomic E-state index is 0.156. The standard InChI is InChI=1S/C31H36FN3O4S2/c1-2-3-5-22-7-10-24(11-8-22)41(37,38)34-19-25-26(20-34)27(25)21-35(31(36)30-6-4-17-40-30)23-9-12-29(28(32)18-23)33-13-15-39-16-14-33/h4,6-12,17-18,25-27H,2-3,5,13-16,19-21H2,1H3. The summed E-state index contributed by atoms with van der Waals surface area (Å²) >= 11 is 1.36. The first-order valence-corrected chi connectivity index (χ1v) is 16.8. The number of thiophene rings is 1. The van der Waals surface area contributed by atoms with Crippen molar-refractivity contribution in [2.24, 2.45) is 17.8 Å². The number of halogens is 1. The van der Waals surface area contributed by atoms with Gasteiger partial charge in [-0.3, -0.25) is 4.79 Å². The second-order valence-corrected chi connectivity index (χ2v) is 14.1. The molecule has 41 heavy (non-hydrogen) atoms. The van der Waals surface area contributed by atoms with Gasteiger partial charge in [0.2, 0.25) is 10.0 Å². The summed E-state index contributed by atoms with van der Waals surface area (Å²) in [5.74, 6) is 0.0247. The molecule has 2 unspecified atom stereocenters. The number of benzene rings is 2. The summed E-state index contributed by atoms with van der Waals surface area (Å²) in [6.45, 7) is 5.84. The maximum absolute atomic E-state index is 15.3. The third-order valence-electron chi connectivity index (χ3n) is 8.68. The Hall–Kier alpha value is -2.79. The number of amides is 1. The molecule has 0 bridgehead atoms. The van der Waals surface area contributed by atoms with Crippen LogP contribution in [0.5, 0.6) is 0 Å². The molecule has 10 heteroatoms. The predicted octanol–water partition coefficient (Wildman–Crippen LogP) is 5.28. The van der Waals surface area contributed by atoms with E-state index in [1.807, 2.05) is 34.5 Å². The number of morpholine rings is 1. The summed E-state index contributed by atoms with van der Waals surface area (Å²) in [6.07, 6.45) is 3.13. The van der Waals surface area contributed by atoms with Gasteiger partial charge in [-0.25, -0.2) is 12.8 Å². The van der Waals surface area contributed by atoms with Gasteiger partial charge in [0.25, 0.3) is 5.91 Å². The molecule has 0 spiro atoms. The monoisotopic (exact) mass is 597 g/mol. The molecule has 6 rings (SSSR count). The van der Waals surface area contributed by atoms with Gasteiger partial charge in [-0.05, 0) is 77.9 Å². The Morgan fingerprint density at radius 3 is 2.44 bits per heavy atom. The Labute approximate surface area is 245 Å². The Balaban J connectivity index is 1.15. The van der Waals surface area contributed by atoms with Crippen molar-refractivity contribution in [1.29, 1.82) is 0 Å². The summed E-state index contributed by atoms with van der Waals surface area (Å²) in [7, 11) is -3.56. The van der Waals surface area contributed by atoms with Crippen molar-refractivity contribution in [3.63, 3.8) is 0 Å². The Morgan fingerprint density at radius 1 is 1.07 bits per heavy atom. The molecule has 2 saturated heterocycles. The number of carbonyl (C=O) groups is 1. The predicted molar refractivity (Wildman–Crippen MR) is 160 cm³/mol. The SMILES string of the molecule is CCCCc1ccc(S(=O)(=O)N2CC3C(CN(C(=O)c4cccs4)c4ccc(N5CCOCC5)c(F)c4)C3C2)cc1. The van der Waals surface area contributed by atoms with Crippen molar-refractivity contribution in [1.82, 2.24) is 4.31 Å². The third-order valence-corrected chi connectivity index (χ3v) is 11.4. The van der Waals surface area contributed by atoms with Crippen molar-refractivity contribution in [2.45, 2.75) is 31.1 Å². The molecule has 3 heterocycles. The van der Waals surface area contributed by atoms with Crippen molar-refractivity contribution in [2.75, 3.05) is 55.7 Å². The van der Waals surface area contributed by atoms with E-state index in [-0.39, 0.29) is 29.5 Å². The minimum Gasteiger partial charge on any atom is -0.378 e. The highest BCUT2D eigenvalue weighted by Crippen LogP contribution is 2.53. The Kier molecular flexibility index (Phi) is 8.18. The highest BCUT2D eigenvalue weighted by atomic mass is 32.2. The Bertz CT molecular complexity index is 1460. The van der Waals surface area contributed by atoms with Crippen LogP contribution in [0.15, 0.2) is 64.9 Å². The van der Waals surface area contributed by atoms with Crippen molar-refractivity contribution >= 4 is 38.6 Å². The van der Waals surface area contributed by atoms with Crippen LogP contribution in [0.1, 0.15) is 35.0 Å². The average Bonchev–Trinajstić information content (AvgIpc) is 3.38. The number of carbonyl (C=O) groups excluding carboxylic acids is 1. The zero-order chi connectivity index (χ0) is 28.6. The van der Waals surface area contributed by atoms with Gasteiger partial charge in [-0.2, -0.15) is 4.31 Å². The highest BCUT2D eigenvalue weighted by Gasteiger charge is 2.58. The lowest BCUT2D eigenvalue weighted by Gasteiger charge is -2.30. The van der Waals surface area contributed by atoms with E-state index in [2.05, 4.69) is 6.92 Å². The molecule has 3 aromatic rings. The van der Waals surface area contributed by atoms with Gasteiger partial charge in [0.15, 0.2) is 0 Å². The van der Waals surface area contributed by atoms with Crippen molar-refractivity contribution in [3.05, 3.63) is 76.2 Å². The largest absolute Gasteiger partial charge is 0.378 e. The minimum atomic E-state index is -3.56. The molecule has 3 aliphatic rings. The number of rotatable bonds is 10. The highest BCUT2D eigenvalue weighted by molar-refractivity contribution is 7.89. The molecule has 0 N–H and O–H groups in total. The van der Waals surface area contributed by atoms with Crippen LogP contribution in [0.2, 0.25) is 0 Å². The van der Waals surface area contributed by atoms with E-state index in [4.69, 9.17) is 4.74 Å².